The summed E-state index contributed by atoms with van der Waals surface area (Å²) in [5.41, 5.74) is -0.769. The monoisotopic (exact) mass is 435 g/mol. The van der Waals surface area contributed by atoms with E-state index in [1.54, 1.807) is 0 Å². The number of hydrogen-bond donors (Lipinski definition) is 0. The number of carbonyl (C=O) groups excluding carboxylic acids is 1. The molecule has 2 atom stereocenters. The predicted octanol–water partition coefficient (Wildman–Crippen LogP) is 5.60. The first-order chi connectivity index (χ1) is 14.6. The lowest BCUT2D eigenvalue weighted by molar-refractivity contribution is -0.178. The first kappa shape index (κ1) is 20.5. The maximum absolute atomic E-state index is 15.3. The van der Waals surface area contributed by atoms with Gasteiger partial charge in [-0.1, -0.05) is 37.3 Å². The van der Waals surface area contributed by atoms with Crippen molar-refractivity contribution in [2.45, 2.75) is 44.6 Å². The van der Waals surface area contributed by atoms with Crippen molar-refractivity contribution in [1.29, 1.82) is 0 Å². The second-order valence-corrected chi connectivity index (χ2v) is 9.39. The van der Waals surface area contributed by atoms with E-state index in [9.17, 15) is 22.4 Å². The van der Waals surface area contributed by atoms with Gasteiger partial charge in [0.15, 0.2) is 11.6 Å². The molecule has 0 N–H and O–H groups in total. The maximum Gasteiger partial charge on any atom is 0.269 e. The van der Waals surface area contributed by atoms with Gasteiger partial charge in [0.2, 0.25) is 5.91 Å². The SMILES string of the molecule is C[C@@H]1[C@H](Cc2cccc(-c3cccc(F)c3F)c2F)N(C(=O)C23CC(C2)C3)CC1(F)F. The van der Waals surface area contributed by atoms with Crippen LogP contribution in [0.2, 0.25) is 0 Å². The van der Waals surface area contributed by atoms with Crippen LogP contribution in [0.3, 0.4) is 0 Å². The summed E-state index contributed by atoms with van der Waals surface area (Å²) in [7, 11) is 0. The Hall–Kier alpha value is -2.44. The Morgan fingerprint density at radius 3 is 2.23 bits per heavy atom. The van der Waals surface area contributed by atoms with Crippen molar-refractivity contribution in [1.82, 2.24) is 4.90 Å². The van der Waals surface area contributed by atoms with E-state index in [2.05, 4.69) is 0 Å². The Labute approximate surface area is 177 Å². The molecule has 0 radical (unpaired) electrons. The summed E-state index contributed by atoms with van der Waals surface area (Å²) < 4.78 is 72.3. The summed E-state index contributed by atoms with van der Waals surface area (Å²) in [6.45, 7) is 0.720. The first-order valence-corrected chi connectivity index (χ1v) is 10.5. The molecule has 0 aromatic heterocycles. The average molecular weight is 435 g/mol. The van der Waals surface area contributed by atoms with Crippen LogP contribution in [0.5, 0.6) is 0 Å². The lowest BCUT2D eigenvalue weighted by atomic mass is 9.44. The summed E-state index contributed by atoms with van der Waals surface area (Å²) in [5.74, 6) is -6.98. The fourth-order valence-corrected chi connectivity index (χ4v) is 5.48. The maximum atomic E-state index is 15.3. The summed E-state index contributed by atoms with van der Waals surface area (Å²) in [5, 5.41) is 0. The van der Waals surface area contributed by atoms with E-state index in [-0.39, 0.29) is 29.0 Å². The number of rotatable bonds is 4. The molecule has 4 aliphatic rings. The summed E-state index contributed by atoms with van der Waals surface area (Å²) in [4.78, 5) is 14.3. The molecule has 6 rings (SSSR count). The quantitative estimate of drug-likeness (QED) is 0.573. The molecule has 164 valence electrons. The van der Waals surface area contributed by atoms with Crippen molar-refractivity contribution < 1.29 is 26.7 Å². The molecule has 4 fully saturated rings. The fraction of sp³-hybridized carbons (Fsp3) is 0.458. The molecule has 2 nitrogen and oxygen atoms in total. The lowest BCUT2D eigenvalue weighted by Crippen LogP contribution is -2.62. The van der Waals surface area contributed by atoms with Crippen LogP contribution in [-0.2, 0) is 11.2 Å². The first-order valence-electron chi connectivity index (χ1n) is 10.5. The van der Waals surface area contributed by atoms with Gasteiger partial charge in [0.05, 0.1) is 12.0 Å². The van der Waals surface area contributed by atoms with Crippen molar-refractivity contribution in [3.05, 3.63) is 59.4 Å². The Morgan fingerprint density at radius 2 is 1.61 bits per heavy atom. The van der Waals surface area contributed by atoms with Crippen LogP contribution in [0.25, 0.3) is 11.1 Å². The van der Waals surface area contributed by atoms with Crippen LogP contribution < -0.4 is 0 Å². The minimum Gasteiger partial charge on any atom is -0.332 e. The third-order valence-electron chi connectivity index (χ3n) is 7.53. The van der Waals surface area contributed by atoms with Crippen LogP contribution >= 0.6 is 0 Å². The van der Waals surface area contributed by atoms with Gasteiger partial charge in [0.1, 0.15) is 5.82 Å². The second-order valence-electron chi connectivity index (χ2n) is 9.39. The van der Waals surface area contributed by atoms with Gasteiger partial charge in [-0.2, -0.15) is 0 Å². The zero-order valence-electron chi connectivity index (χ0n) is 17.0. The highest BCUT2D eigenvalue weighted by molar-refractivity contribution is 5.86. The molecule has 1 amide bonds. The highest BCUT2D eigenvalue weighted by Gasteiger charge is 2.65. The van der Waals surface area contributed by atoms with Gasteiger partial charge in [0.25, 0.3) is 5.92 Å². The van der Waals surface area contributed by atoms with Gasteiger partial charge in [-0.3, -0.25) is 4.79 Å². The number of carbonyl (C=O) groups is 1. The molecule has 3 aliphatic carbocycles. The molecule has 7 heteroatoms. The molecule has 1 aliphatic heterocycles. The van der Waals surface area contributed by atoms with Gasteiger partial charge in [0, 0.05) is 23.1 Å². The van der Waals surface area contributed by atoms with Crippen LogP contribution in [0, 0.1) is 34.7 Å². The minimum atomic E-state index is -3.06. The Morgan fingerprint density at radius 1 is 1.00 bits per heavy atom. The van der Waals surface area contributed by atoms with Crippen molar-refractivity contribution in [2.24, 2.45) is 17.3 Å². The highest BCUT2D eigenvalue weighted by atomic mass is 19.3. The zero-order chi connectivity index (χ0) is 22.1. The molecule has 1 saturated heterocycles. The van der Waals surface area contributed by atoms with Crippen molar-refractivity contribution in [2.75, 3.05) is 6.54 Å². The number of benzene rings is 2. The number of amides is 1. The molecule has 2 aromatic carbocycles. The summed E-state index contributed by atoms with van der Waals surface area (Å²) in [6, 6.07) is 6.89. The third-order valence-corrected chi connectivity index (χ3v) is 7.53. The zero-order valence-corrected chi connectivity index (χ0v) is 17.0. The number of nitrogens with zero attached hydrogens (tertiary/aromatic N) is 1. The largest absolute Gasteiger partial charge is 0.332 e. The number of hydrogen-bond acceptors (Lipinski definition) is 1. The molecule has 31 heavy (non-hydrogen) atoms. The number of halogens is 5. The van der Waals surface area contributed by atoms with E-state index in [0.29, 0.717) is 5.92 Å². The predicted molar refractivity (Wildman–Crippen MR) is 105 cm³/mol. The van der Waals surface area contributed by atoms with E-state index < -0.39 is 47.3 Å². The topological polar surface area (TPSA) is 20.3 Å². The van der Waals surface area contributed by atoms with Crippen LogP contribution in [0.15, 0.2) is 36.4 Å². The summed E-state index contributed by atoms with van der Waals surface area (Å²) in [6.07, 6.45) is 2.13. The van der Waals surface area contributed by atoms with E-state index >= 15 is 4.39 Å². The van der Waals surface area contributed by atoms with Gasteiger partial charge in [-0.05, 0) is 43.2 Å². The van der Waals surface area contributed by atoms with E-state index in [1.807, 2.05) is 0 Å². The van der Waals surface area contributed by atoms with Gasteiger partial charge < -0.3 is 4.90 Å². The standard InChI is InChI=1S/C24H22F5NO/c1-13-19(30(12-24(13,28)29)22(31)23-9-14(10-23)11-23)8-15-4-2-5-16(20(15)26)17-6-3-7-18(25)21(17)27/h2-7,13-14,19H,8-12H2,1H3/t13-,14?,19+,23?/m1/s1. The normalized spacial score (nSPS) is 30.6. The van der Waals surface area contributed by atoms with E-state index in [1.165, 1.54) is 42.2 Å². The Kier molecular flexibility index (Phi) is 4.47. The minimum absolute atomic E-state index is 0.103. The van der Waals surface area contributed by atoms with Crippen LogP contribution in [0.4, 0.5) is 22.0 Å². The smallest absolute Gasteiger partial charge is 0.269 e. The molecule has 1 heterocycles. The van der Waals surface area contributed by atoms with Crippen LogP contribution in [0.1, 0.15) is 31.7 Å². The number of alkyl halides is 2. The molecule has 2 aromatic rings. The summed E-state index contributed by atoms with van der Waals surface area (Å²) >= 11 is 0. The molecular weight excluding hydrogens is 413 g/mol. The van der Waals surface area contributed by atoms with Gasteiger partial charge in [-0.15, -0.1) is 0 Å². The van der Waals surface area contributed by atoms with E-state index in [4.69, 9.17) is 0 Å². The molecular formula is C24H22F5NO. The average Bonchev–Trinajstić information content (AvgIpc) is 2.87. The van der Waals surface area contributed by atoms with Crippen molar-refractivity contribution >= 4 is 5.91 Å². The lowest BCUT2D eigenvalue weighted by Gasteiger charge is -2.61. The van der Waals surface area contributed by atoms with Crippen LogP contribution in [-0.4, -0.2) is 29.3 Å². The van der Waals surface area contributed by atoms with Crippen molar-refractivity contribution in [3.63, 3.8) is 0 Å². The van der Waals surface area contributed by atoms with Gasteiger partial charge >= 0.3 is 0 Å². The van der Waals surface area contributed by atoms with Gasteiger partial charge in [-0.25, -0.2) is 22.0 Å². The molecule has 2 bridgehead atoms. The Balaban J connectivity index is 1.48. The fourth-order valence-electron chi connectivity index (χ4n) is 5.48. The highest BCUT2D eigenvalue weighted by Crippen LogP contribution is 2.65. The van der Waals surface area contributed by atoms with Crippen molar-refractivity contribution in [3.8, 4) is 11.1 Å². The number of likely N-dealkylation sites (tertiary alicyclic amines) is 1. The molecule has 3 saturated carbocycles. The third kappa shape index (κ3) is 2.99. The molecule has 0 unspecified atom stereocenters. The Bertz CT molecular complexity index is 1050. The second kappa shape index (κ2) is 6.78. The van der Waals surface area contributed by atoms with E-state index in [0.717, 1.165) is 25.3 Å². The molecule has 0 spiro atoms.